The summed E-state index contributed by atoms with van der Waals surface area (Å²) in [6, 6.07) is 4.04. The first-order valence-electron chi connectivity index (χ1n) is 12.1. The number of imidazole rings is 2. The van der Waals surface area contributed by atoms with Crippen molar-refractivity contribution in [2.45, 2.75) is 52.2 Å². The highest BCUT2D eigenvalue weighted by Crippen LogP contribution is 2.40. The van der Waals surface area contributed by atoms with Gasteiger partial charge >= 0.3 is 0 Å². The number of aromatic nitrogens is 4. The number of carbonyl (C=O) groups excluding carboxylic acids is 1. The molecule has 5 rings (SSSR count). The van der Waals surface area contributed by atoms with E-state index in [9.17, 15) is 4.79 Å². The zero-order chi connectivity index (χ0) is 24.9. The van der Waals surface area contributed by atoms with Crippen LogP contribution in [0.2, 0.25) is 0 Å². The molecule has 186 valence electrons. The van der Waals surface area contributed by atoms with Gasteiger partial charge in [0.2, 0.25) is 0 Å². The van der Waals surface area contributed by atoms with Gasteiger partial charge < -0.3 is 23.7 Å². The quantitative estimate of drug-likeness (QED) is 0.558. The first-order valence-corrected chi connectivity index (χ1v) is 12.1. The maximum Gasteiger partial charge on any atom is 0.274 e. The molecule has 0 unspecified atom stereocenters. The molecule has 35 heavy (non-hydrogen) atoms. The number of carbonyl (C=O) groups is 1. The van der Waals surface area contributed by atoms with Gasteiger partial charge in [0.15, 0.2) is 23.0 Å². The summed E-state index contributed by atoms with van der Waals surface area (Å²) in [5, 5.41) is 0. The fraction of sp³-hybridized carbons (Fsp3) is 0.500. The van der Waals surface area contributed by atoms with Gasteiger partial charge in [-0.25, -0.2) is 9.97 Å². The first-order chi connectivity index (χ1) is 16.7. The molecule has 0 saturated carbocycles. The van der Waals surface area contributed by atoms with Crippen molar-refractivity contribution in [2.75, 3.05) is 26.9 Å². The molecular formula is C26H33N5O4. The third-order valence-corrected chi connectivity index (χ3v) is 6.71. The number of aryl methyl sites for hydroxylation is 2. The molecule has 9 heteroatoms. The van der Waals surface area contributed by atoms with Crippen molar-refractivity contribution in [3.8, 4) is 28.7 Å². The Bertz CT molecular complexity index is 1270. The highest BCUT2D eigenvalue weighted by molar-refractivity contribution is 5.95. The second kappa shape index (κ2) is 8.71. The Morgan fingerprint density at radius 2 is 2.00 bits per heavy atom. The number of benzene rings is 1. The van der Waals surface area contributed by atoms with E-state index < -0.39 is 5.54 Å². The van der Waals surface area contributed by atoms with Crippen LogP contribution in [0.3, 0.4) is 0 Å². The number of fused-ring (bicyclic) bond motifs is 3. The lowest BCUT2D eigenvalue weighted by Gasteiger charge is -2.41. The average Bonchev–Trinajstić information content (AvgIpc) is 3.40. The van der Waals surface area contributed by atoms with E-state index >= 15 is 0 Å². The lowest BCUT2D eigenvalue weighted by molar-refractivity contribution is -0.0373. The van der Waals surface area contributed by atoms with Crippen molar-refractivity contribution in [3.63, 3.8) is 0 Å². The topological polar surface area (TPSA) is 83.6 Å². The molecule has 4 heterocycles. The Morgan fingerprint density at radius 3 is 2.66 bits per heavy atom. The second-order valence-corrected chi connectivity index (χ2v) is 10.1. The monoisotopic (exact) mass is 479 g/mol. The summed E-state index contributed by atoms with van der Waals surface area (Å²) in [6.45, 7) is 9.62. The molecule has 1 fully saturated rings. The lowest BCUT2D eigenvalue weighted by Crippen LogP contribution is -2.55. The Morgan fingerprint density at radius 1 is 1.20 bits per heavy atom. The molecule has 9 nitrogen and oxygen atoms in total. The van der Waals surface area contributed by atoms with Gasteiger partial charge in [-0.2, -0.15) is 0 Å². The van der Waals surface area contributed by atoms with Gasteiger partial charge in [-0.05, 0) is 52.2 Å². The van der Waals surface area contributed by atoms with Crippen LogP contribution in [0.5, 0.6) is 11.5 Å². The van der Waals surface area contributed by atoms with E-state index in [1.807, 2.05) is 56.3 Å². The van der Waals surface area contributed by atoms with Gasteiger partial charge in [0, 0.05) is 19.7 Å². The van der Waals surface area contributed by atoms with E-state index in [0.717, 1.165) is 29.1 Å². The third-order valence-electron chi connectivity index (χ3n) is 6.71. The predicted molar refractivity (Wildman–Crippen MR) is 131 cm³/mol. The summed E-state index contributed by atoms with van der Waals surface area (Å²) in [5.74, 6) is 2.00. The molecule has 0 N–H and O–H groups in total. The van der Waals surface area contributed by atoms with E-state index in [2.05, 4.69) is 9.55 Å². The second-order valence-electron chi connectivity index (χ2n) is 10.1. The molecule has 2 aliphatic rings. The number of ether oxygens (including phenoxy) is 3. The van der Waals surface area contributed by atoms with Gasteiger partial charge in [0.05, 0.1) is 55.9 Å². The van der Waals surface area contributed by atoms with Crippen LogP contribution in [0.4, 0.5) is 0 Å². The summed E-state index contributed by atoms with van der Waals surface area (Å²) in [6.07, 6.45) is 4.99. The minimum absolute atomic E-state index is 0.00923. The molecular weight excluding hydrogens is 446 g/mol. The summed E-state index contributed by atoms with van der Waals surface area (Å²) in [5.41, 5.74) is 3.90. The number of hydrogen-bond donors (Lipinski definition) is 0. The molecule has 0 bridgehead atoms. The minimum Gasteiger partial charge on any atom is -0.493 e. The Hall–Kier alpha value is -3.33. The fourth-order valence-corrected chi connectivity index (χ4v) is 4.98. The van der Waals surface area contributed by atoms with E-state index in [4.69, 9.17) is 19.2 Å². The first kappa shape index (κ1) is 23.4. The zero-order valence-corrected chi connectivity index (χ0v) is 21.3. The molecule has 1 aromatic carbocycles. The average molecular weight is 480 g/mol. The SMILES string of the molecule is COc1cc2c(cc1OC(C)C)-n1c(-c3cncn3C)nc(C(=O)N3CCOCC3(C)C)c1CC2. The molecule has 0 radical (unpaired) electrons. The molecule has 2 aliphatic heterocycles. The molecule has 2 aromatic heterocycles. The largest absolute Gasteiger partial charge is 0.493 e. The van der Waals surface area contributed by atoms with Gasteiger partial charge in [-0.3, -0.25) is 9.36 Å². The molecule has 3 aromatic rings. The molecule has 0 spiro atoms. The summed E-state index contributed by atoms with van der Waals surface area (Å²) in [4.78, 5) is 25.1. The Balaban J connectivity index is 1.71. The number of nitrogens with zero attached hydrogens (tertiary/aromatic N) is 5. The van der Waals surface area contributed by atoms with Gasteiger partial charge in [-0.1, -0.05) is 0 Å². The number of methoxy groups -OCH3 is 1. The van der Waals surface area contributed by atoms with Crippen molar-refractivity contribution in [1.29, 1.82) is 0 Å². The van der Waals surface area contributed by atoms with Crippen LogP contribution in [0.15, 0.2) is 24.7 Å². The maximum atomic E-state index is 13.9. The normalized spacial score (nSPS) is 16.7. The van der Waals surface area contributed by atoms with Gasteiger partial charge in [0.1, 0.15) is 5.69 Å². The number of morpholine rings is 1. The van der Waals surface area contributed by atoms with E-state index in [1.54, 1.807) is 19.6 Å². The Labute approximate surface area is 205 Å². The van der Waals surface area contributed by atoms with Crippen LogP contribution in [0, 0.1) is 0 Å². The van der Waals surface area contributed by atoms with Crippen LogP contribution in [-0.4, -0.2) is 68.4 Å². The number of amides is 1. The number of hydrogen-bond acceptors (Lipinski definition) is 6. The molecule has 1 amide bonds. The standard InChI is InChI=1S/C26H33N5O4/c1-16(2)35-22-12-19-17(11-21(22)33-6)7-8-18-23(25(32)30-9-10-34-14-26(30,3)4)28-24(31(18)19)20-13-27-15-29(20)5/h11-13,15-16H,7-10,14H2,1-6H3. The van der Waals surface area contributed by atoms with Crippen LogP contribution < -0.4 is 9.47 Å². The van der Waals surface area contributed by atoms with Crippen molar-refractivity contribution >= 4 is 5.91 Å². The van der Waals surface area contributed by atoms with Crippen molar-refractivity contribution in [2.24, 2.45) is 7.05 Å². The van der Waals surface area contributed by atoms with E-state index in [1.165, 1.54) is 0 Å². The van der Waals surface area contributed by atoms with Gasteiger partial charge in [0.25, 0.3) is 5.91 Å². The predicted octanol–water partition coefficient (Wildman–Crippen LogP) is 3.42. The summed E-state index contributed by atoms with van der Waals surface area (Å²) >= 11 is 0. The van der Waals surface area contributed by atoms with Crippen LogP contribution in [0.25, 0.3) is 17.2 Å². The highest BCUT2D eigenvalue weighted by Gasteiger charge is 2.38. The Kier molecular flexibility index (Phi) is 5.83. The fourth-order valence-electron chi connectivity index (χ4n) is 4.98. The number of rotatable bonds is 5. The molecule has 0 aliphatic carbocycles. The maximum absolute atomic E-state index is 13.9. The van der Waals surface area contributed by atoms with E-state index in [0.29, 0.717) is 49.2 Å². The van der Waals surface area contributed by atoms with E-state index in [-0.39, 0.29) is 12.0 Å². The smallest absolute Gasteiger partial charge is 0.274 e. The summed E-state index contributed by atoms with van der Waals surface area (Å²) < 4.78 is 21.4. The van der Waals surface area contributed by atoms with Crippen molar-refractivity contribution in [1.82, 2.24) is 24.0 Å². The third kappa shape index (κ3) is 3.97. The molecule has 0 atom stereocenters. The minimum atomic E-state index is -0.406. The lowest BCUT2D eigenvalue weighted by atomic mass is 9.98. The zero-order valence-electron chi connectivity index (χ0n) is 21.3. The summed E-state index contributed by atoms with van der Waals surface area (Å²) in [7, 11) is 3.59. The van der Waals surface area contributed by atoms with Crippen LogP contribution in [-0.2, 0) is 24.6 Å². The highest BCUT2D eigenvalue weighted by atomic mass is 16.5. The van der Waals surface area contributed by atoms with Gasteiger partial charge in [-0.15, -0.1) is 0 Å². The molecule has 1 saturated heterocycles. The van der Waals surface area contributed by atoms with Crippen molar-refractivity contribution < 1.29 is 19.0 Å². The van der Waals surface area contributed by atoms with Crippen LogP contribution >= 0.6 is 0 Å². The van der Waals surface area contributed by atoms with Crippen LogP contribution in [0.1, 0.15) is 49.4 Å². The van der Waals surface area contributed by atoms with Crippen molar-refractivity contribution in [3.05, 3.63) is 41.6 Å².